The van der Waals surface area contributed by atoms with Crippen molar-refractivity contribution in [3.63, 3.8) is 0 Å². The molecule has 30 heavy (non-hydrogen) atoms. The lowest BCUT2D eigenvalue weighted by Crippen LogP contribution is -2.43. The minimum atomic E-state index is -0.651. The van der Waals surface area contributed by atoms with Crippen LogP contribution in [0.5, 0.6) is 5.75 Å². The lowest BCUT2D eigenvalue weighted by molar-refractivity contribution is -0.123. The predicted molar refractivity (Wildman–Crippen MR) is 114 cm³/mol. The van der Waals surface area contributed by atoms with Gasteiger partial charge in [0.05, 0.1) is 27.6 Å². The largest absolute Gasteiger partial charge is 0.482 e. The molecular formula is C21H18N4O4S. The third-order valence-corrected chi connectivity index (χ3v) is 5.36. The first-order chi connectivity index (χ1) is 14.4. The van der Waals surface area contributed by atoms with Gasteiger partial charge in [0.25, 0.3) is 11.8 Å². The number of rotatable bonds is 5. The number of nitrogens with one attached hydrogen (secondary N) is 1. The fourth-order valence-electron chi connectivity index (χ4n) is 3.17. The van der Waals surface area contributed by atoms with Crippen LogP contribution in [0.4, 0.5) is 11.4 Å². The fourth-order valence-corrected chi connectivity index (χ4v) is 3.79. The van der Waals surface area contributed by atoms with E-state index in [1.54, 1.807) is 30.3 Å². The SMILES string of the molecule is Cc1nc(-c2ccc3c(c2)N(CC(=O)Nc2ccccc2C(N)=O)C(=O)CO3)cs1. The highest BCUT2D eigenvalue weighted by Crippen LogP contribution is 2.36. The zero-order valence-electron chi connectivity index (χ0n) is 16.0. The number of fused-ring (bicyclic) bond motifs is 1. The first-order valence-electron chi connectivity index (χ1n) is 9.11. The molecule has 0 radical (unpaired) electrons. The van der Waals surface area contributed by atoms with E-state index in [-0.39, 0.29) is 24.6 Å². The molecular weight excluding hydrogens is 404 g/mol. The summed E-state index contributed by atoms with van der Waals surface area (Å²) < 4.78 is 5.51. The van der Waals surface area contributed by atoms with Gasteiger partial charge in [0.15, 0.2) is 6.61 Å². The Morgan fingerprint density at radius 1 is 1.27 bits per heavy atom. The summed E-state index contributed by atoms with van der Waals surface area (Å²) in [6.07, 6.45) is 0. The highest BCUT2D eigenvalue weighted by molar-refractivity contribution is 7.09. The average Bonchev–Trinajstić information content (AvgIpc) is 3.16. The normalized spacial score (nSPS) is 12.8. The second-order valence-electron chi connectivity index (χ2n) is 6.66. The van der Waals surface area contributed by atoms with Crippen molar-refractivity contribution in [3.05, 3.63) is 58.4 Å². The third-order valence-electron chi connectivity index (χ3n) is 4.59. The van der Waals surface area contributed by atoms with Gasteiger partial charge in [-0.15, -0.1) is 11.3 Å². The molecule has 0 fully saturated rings. The van der Waals surface area contributed by atoms with Crippen molar-refractivity contribution >= 4 is 40.4 Å². The Labute approximate surface area is 176 Å². The Morgan fingerprint density at radius 2 is 2.07 bits per heavy atom. The van der Waals surface area contributed by atoms with Gasteiger partial charge in [-0.2, -0.15) is 0 Å². The smallest absolute Gasteiger partial charge is 0.265 e. The number of nitrogens with zero attached hydrogens (tertiary/aromatic N) is 2. The highest BCUT2D eigenvalue weighted by Gasteiger charge is 2.28. The maximum Gasteiger partial charge on any atom is 0.265 e. The molecule has 0 unspecified atom stereocenters. The van der Waals surface area contributed by atoms with Gasteiger partial charge in [-0.3, -0.25) is 19.3 Å². The van der Waals surface area contributed by atoms with Crippen LogP contribution in [0, 0.1) is 6.92 Å². The summed E-state index contributed by atoms with van der Waals surface area (Å²) in [6, 6.07) is 11.8. The summed E-state index contributed by atoms with van der Waals surface area (Å²) in [5, 5.41) is 5.52. The van der Waals surface area contributed by atoms with Crippen LogP contribution >= 0.6 is 11.3 Å². The minimum absolute atomic E-state index is 0.159. The predicted octanol–water partition coefficient (Wildman–Crippen LogP) is 2.58. The van der Waals surface area contributed by atoms with Crippen molar-refractivity contribution in [3.8, 4) is 17.0 Å². The number of aromatic nitrogens is 1. The summed E-state index contributed by atoms with van der Waals surface area (Å²) in [6.45, 7) is 1.52. The van der Waals surface area contributed by atoms with Crippen LogP contribution in [-0.2, 0) is 9.59 Å². The van der Waals surface area contributed by atoms with E-state index in [0.29, 0.717) is 17.1 Å². The van der Waals surface area contributed by atoms with Crippen molar-refractivity contribution in [2.24, 2.45) is 5.73 Å². The number of hydrogen-bond donors (Lipinski definition) is 2. The van der Waals surface area contributed by atoms with Crippen LogP contribution < -0.4 is 20.7 Å². The Morgan fingerprint density at radius 3 is 2.80 bits per heavy atom. The first kappa shape index (κ1) is 19.6. The van der Waals surface area contributed by atoms with E-state index in [0.717, 1.165) is 16.3 Å². The van der Waals surface area contributed by atoms with E-state index in [1.165, 1.54) is 22.3 Å². The lowest BCUT2D eigenvalue weighted by atomic mass is 10.1. The summed E-state index contributed by atoms with van der Waals surface area (Å²) in [4.78, 5) is 42.6. The quantitative estimate of drug-likeness (QED) is 0.656. The van der Waals surface area contributed by atoms with Crippen molar-refractivity contribution in [2.45, 2.75) is 6.92 Å². The van der Waals surface area contributed by atoms with Gasteiger partial charge in [-0.1, -0.05) is 12.1 Å². The number of para-hydroxylation sites is 1. The second-order valence-corrected chi connectivity index (χ2v) is 7.72. The Bertz CT molecular complexity index is 1160. The van der Waals surface area contributed by atoms with Crippen LogP contribution in [0.3, 0.4) is 0 Å². The van der Waals surface area contributed by atoms with E-state index in [9.17, 15) is 14.4 Å². The van der Waals surface area contributed by atoms with Crippen molar-refractivity contribution in [2.75, 3.05) is 23.4 Å². The number of benzene rings is 2. The molecule has 2 aromatic carbocycles. The Balaban J connectivity index is 1.60. The molecule has 1 aromatic heterocycles. The molecule has 0 spiro atoms. The van der Waals surface area contributed by atoms with Gasteiger partial charge in [-0.25, -0.2) is 4.98 Å². The van der Waals surface area contributed by atoms with Gasteiger partial charge in [-0.05, 0) is 37.3 Å². The van der Waals surface area contributed by atoms with Crippen molar-refractivity contribution < 1.29 is 19.1 Å². The number of amides is 3. The fraction of sp³-hybridized carbons (Fsp3) is 0.143. The standard InChI is InChI=1S/C21H18N4O4S/c1-12-23-16(11-30-12)13-6-7-18-17(8-13)25(20(27)10-29-18)9-19(26)24-15-5-3-2-4-14(15)21(22)28/h2-8,11H,9-10H2,1H3,(H2,22,28)(H,24,26). The number of aryl methyl sites for hydroxylation is 1. The van der Waals surface area contributed by atoms with E-state index >= 15 is 0 Å². The van der Waals surface area contributed by atoms with Gasteiger partial charge < -0.3 is 15.8 Å². The number of carbonyl (C=O) groups is 3. The van der Waals surface area contributed by atoms with Crippen LogP contribution in [0.25, 0.3) is 11.3 Å². The van der Waals surface area contributed by atoms with Crippen LogP contribution in [0.2, 0.25) is 0 Å². The van der Waals surface area contributed by atoms with E-state index in [1.807, 2.05) is 18.4 Å². The molecule has 4 rings (SSSR count). The molecule has 3 amide bonds. The van der Waals surface area contributed by atoms with Crippen molar-refractivity contribution in [1.82, 2.24) is 4.98 Å². The summed E-state index contributed by atoms with van der Waals surface area (Å²) >= 11 is 1.53. The molecule has 2 heterocycles. The van der Waals surface area contributed by atoms with E-state index in [2.05, 4.69) is 10.3 Å². The number of anilines is 2. The van der Waals surface area contributed by atoms with Crippen LogP contribution in [0.1, 0.15) is 15.4 Å². The molecule has 0 bridgehead atoms. The molecule has 0 atom stereocenters. The highest BCUT2D eigenvalue weighted by atomic mass is 32.1. The molecule has 1 aliphatic heterocycles. The molecule has 3 N–H and O–H groups in total. The molecule has 0 saturated carbocycles. The van der Waals surface area contributed by atoms with Crippen LogP contribution in [0.15, 0.2) is 47.8 Å². The maximum atomic E-state index is 12.7. The van der Waals surface area contributed by atoms with Gasteiger partial charge in [0, 0.05) is 10.9 Å². The summed E-state index contributed by atoms with van der Waals surface area (Å²) in [5.74, 6) is -0.940. The topological polar surface area (TPSA) is 115 Å². The van der Waals surface area contributed by atoms with E-state index in [4.69, 9.17) is 10.5 Å². The van der Waals surface area contributed by atoms with Gasteiger partial charge in [0.2, 0.25) is 5.91 Å². The summed E-state index contributed by atoms with van der Waals surface area (Å²) in [7, 11) is 0. The summed E-state index contributed by atoms with van der Waals surface area (Å²) in [5.41, 5.74) is 7.95. The van der Waals surface area contributed by atoms with Crippen molar-refractivity contribution in [1.29, 1.82) is 0 Å². The van der Waals surface area contributed by atoms with E-state index < -0.39 is 11.8 Å². The molecule has 9 heteroatoms. The van der Waals surface area contributed by atoms with Gasteiger partial charge >= 0.3 is 0 Å². The Kier molecular flexibility index (Phi) is 5.20. The monoisotopic (exact) mass is 422 g/mol. The Hall–Kier alpha value is -3.72. The maximum absolute atomic E-state index is 12.7. The number of hydrogen-bond acceptors (Lipinski definition) is 6. The molecule has 8 nitrogen and oxygen atoms in total. The molecule has 0 saturated heterocycles. The number of nitrogens with two attached hydrogens (primary N) is 1. The molecule has 1 aliphatic rings. The minimum Gasteiger partial charge on any atom is -0.482 e. The molecule has 0 aliphatic carbocycles. The average molecular weight is 422 g/mol. The lowest BCUT2D eigenvalue weighted by Gasteiger charge is -2.29. The number of carbonyl (C=O) groups excluding carboxylic acids is 3. The number of thiazole rings is 1. The zero-order valence-corrected chi connectivity index (χ0v) is 16.9. The zero-order chi connectivity index (χ0) is 21.3. The first-order valence-corrected chi connectivity index (χ1v) is 9.99. The van der Waals surface area contributed by atoms with Crippen LogP contribution in [-0.4, -0.2) is 35.9 Å². The number of primary amides is 1. The third kappa shape index (κ3) is 3.87. The molecule has 3 aromatic rings. The van der Waals surface area contributed by atoms with Gasteiger partial charge in [0.1, 0.15) is 12.3 Å². The number of ether oxygens (including phenoxy) is 1. The molecule has 152 valence electrons. The second kappa shape index (κ2) is 7.96.